The van der Waals surface area contributed by atoms with E-state index in [2.05, 4.69) is 10.4 Å². The van der Waals surface area contributed by atoms with Crippen molar-refractivity contribution in [3.63, 3.8) is 0 Å². The Labute approximate surface area is 124 Å². The first-order valence-electron chi connectivity index (χ1n) is 6.29. The quantitative estimate of drug-likeness (QED) is 0.873. The van der Waals surface area contributed by atoms with Crippen LogP contribution in [0.3, 0.4) is 0 Å². The molecule has 0 aliphatic rings. The van der Waals surface area contributed by atoms with E-state index in [9.17, 15) is 4.79 Å². The molecule has 1 heterocycles. The number of nitrogens with one attached hydrogen (secondary N) is 1. The fourth-order valence-electron chi connectivity index (χ4n) is 1.73. The van der Waals surface area contributed by atoms with Gasteiger partial charge >= 0.3 is 0 Å². The van der Waals surface area contributed by atoms with Crippen LogP contribution in [-0.4, -0.2) is 28.3 Å². The van der Waals surface area contributed by atoms with Crippen LogP contribution in [-0.2, 0) is 11.2 Å². The van der Waals surface area contributed by atoms with Crippen molar-refractivity contribution in [2.45, 2.75) is 19.4 Å². The molecule has 1 atom stereocenters. The van der Waals surface area contributed by atoms with Crippen LogP contribution in [0.2, 0.25) is 0 Å². The number of nitrogens with two attached hydrogens (primary N) is 1. The normalized spacial score (nSPS) is 11.5. The molecule has 0 saturated heterocycles. The van der Waals surface area contributed by atoms with Crippen LogP contribution in [0.4, 0.5) is 0 Å². The minimum atomic E-state index is -0.456. The predicted molar refractivity (Wildman–Crippen MR) is 81.2 cm³/mol. The molecule has 20 heavy (non-hydrogen) atoms. The smallest absolute Gasteiger partial charge is 0.236 e. The van der Waals surface area contributed by atoms with Crippen LogP contribution in [0.15, 0.2) is 42.7 Å². The highest BCUT2D eigenvalue weighted by atomic mass is 35.5. The van der Waals surface area contributed by atoms with Crippen LogP contribution in [0.5, 0.6) is 0 Å². The zero-order valence-electron chi connectivity index (χ0n) is 11.3. The van der Waals surface area contributed by atoms with Gasteiger partial charge in [0.2, 0.25) is 5.91 Å². The Balaban J connectivity index is 0.00000200. The first kappa shape index (κ1) is 16.2. The summed E-state index contributed by atoms with van der Waals surface area (Å²) in [6.45, 7) is 2.27. The molecule has 1 aromatic heterocycles. The summed E-state index contributed by atoms with van der Waals surface area (Å²) in [7, 11) is 0. The van der Waals surface area contributed by atoms with Crippen molar-refractivity contribution in [2.75, 3.05) is 6.54 Å². The lowest BCUT2D eigenvalue weighted by molar-refractivity contribution is -0.121. The first-order chi connectivity index (χ1) is 9.16. The number of rotatable bonds is 5. The fourth-order valence-corrected chi connectivity index (χ4v) is 1.73. The third-order valence-corrected chi connectivity index (χ3v) is 2.83. The standard InChI is InChI=1S/C14H18N4O.ClH/c1-11(15)14(19)16-9-7-12-3-5-13(6-4-12)18-10-2-8-17-18;/h2-6,8,10-11H,7,9,15H2,1H3,(H,16,19);1H/t11-;/m1./s1. The van der Waals surface area contributed by atoms with Crippen LogP contribution in [0.25, 0.3) is 5.69 Å². The molecule has 0 aliphatic heterocycles. The van der Waals surface area contributed by atoms with Gasteiger partial charge in [-0.1, -0.05) is 12.1 Å². The minimum Gasteiger partial charge on any atom is -0.354 e. The number of halogens is 1. The second-order valence-electron chi connectivity index (χ2n) is 4.45. The SMILES string of the molecule is C[C@@H](N)C(=O)NCCc1ccc(-n2cccn2)cc1.Cl. The molecule has 3 N–H and O–H groups in total. The summed E-state index contributed by atoms with van der Waals surface area (Å²) in [4.78, 5) is 11.3. The molecule has 1 amide bonds. The molecular weight excluding hydrogens is 276 g/mol. The number of aromatic nitrogens is 2. The van der Waals surface area contributed by atoms with Crippen molar-refractivity contribution < 1.29 is 4.79 Å². The summed E-state index contributed by atoms with van der Waals surface area (Å²) in [5.41, 5.74) is 7.66. The molecule has 0 aliphatic carbocycles. The lowest BCUT2D eigenvalue weighted by Crippen LogP contribution is -2.39. The van der Waals surface area contributed by atoms with Gasteiger partial charge in [0.1, 0.15) is 0 Å². The molecule has 2 aromatic rings. The zero-order chi connectivity index (χ0) is 13.7. The summed E-state index contributed by atoms with van der Waals surface area (Å²) < 4.78 is 1.81. The van der Waals surface area contributed by atoms with Gasteiger partial charge in [-0.15, -0.1) is 12.4 Å². The number of carbonyl (C=O) groups excluding carboxylic acids is 1. The highest BCUT2D eigenvalue weighted by Gasteiger charge is 2.05. The Morgan fingerprint density at radius 1 is 1.40 bits per heavy atom. The summed E-state index contributed by atoms with van der Waals surface area (Å²) in [6.07, 6.45) is 4.44. The molecular formula is C14H19ClN4O. The highest BCUT2D eigenvalue weighted by Crippen LogP contribution is 2.08. The number of nitrogens with zero attached hydrogens (tertiary/aromatic N) is 2. The molecule has 0 bridgehead atoms. The third kappa shape index (κ3) is 4.36. The summed E-state index contributed by atoms with van der Waals surface area (Å²) >= 11 is 0. The van der Waals surface area contributed by atoms with Gasteiger partial charge in [-0.3, -0.25) is 4.79 Å². The summed E-state index contributed by atoms with van der Waals surface area (Å²) in [5.74, 6) is -0.117. The Bertz CT molecular complexity index is 523. The number of hydrogen-bond acceptors (Lipinski definition) is 3. The number of amides is 1. The van der Waals surface area contributed by atoms with Gasteiger partial charge in [0.15, 0.2) is 0 Å². The zero-order valence-corrected chi connectivity index (χ0v) is 12.1. The molecule has 0 saturated carbocycles. The average Bonchev–Trinajstić information content (AvgIpc) is 2.93. The fraction of sp³-hybridized carbons (Fsp3) is 0.286. The Morgan fingerprint density at radius 2 is 2.10 bits per heavy atom. The summed E-state index contributed by atoms with van der Waals surface area (Å²) in [6, 6.07) is 9.52. The van der Waals surface area contributed by atoms with Crippen molar-refractivity contribution in [1.29, 1.82) is 0 Å². The lowest BCUT2D eigenvalue weighted by atomic mass is 10.1. The molecule has 0 spiro atoms. The number of benzene rings is 1. The van der Waals surface area contributed by atoms with E-state index in [4.69, 9.17) is 5.73 Å². The monoisotopic (exact) mass is 294 g/mol. The average molecular weight is 295 g/mol. The van der Waals surface area contributed by atoms with E-state index >= 15 is 0 Å². The first-order valence-corrected chi connectivity index (χ1v) is 6.29. The Hall–Kier alpha value is -1.85. The molecule has 1 aromatic carbocycles. The number of carbonyl (C=O) groups is 1. The van der Waals surface area contributed by atoms with Gasteiger partial charge in [-0.25, -0.2) is 4.68 Å². The molecule has 108 valence electrons. The van der Waals surface area contributed by atoms with Crippen LogP contribution >= 0.6 is 12.4 Å². The van der Waals surface area contributed by atoms with Crippen LogP contribution in [0.1, 0.15) is 12.5 Å². The van der Waals surface area contributed by atoms with Crippen LogP contribution in [0, 0.1) is 0 Å². The maximum Gasteiger partial charge on any atom is 0.236 e. The van der Waals surface area contributed by atoms with Gasteiger partial charge in [-0.05, 0) is 37.1 Å². The second kappa shape index (κ2) is 7.67. The molecule has 6 heteroatoms. The van der Waals surface area contributed by atoms with Crippen molar-refractivity contribution in [3.05, 3.63) is 48.3 Å². The highest BCUT2D eigenvalue weighted by molar-refractivity contribution is 5.85. The van der Waals surface area contributed by atoms with Gasteiger partial charge in [0.25, 0.3) is 0 Å². The van der Waals surface area contributed by atoms with E-state index in [0.717, 1.165) is 12.1 Å². The second-order valence-corrected chi connectivity index (χ2v) is 4.45. The number of hydrogen-bond donors (Lipinski definition) is 2. The van der Waals surface area contributed by atoms with Gasteiger partial charge < -0.3 is 11.1 Å². The van der Waals surface area contributed by atoms with Gasteiger partial charge in [0, 0.05) is 18.9 Å². The van der Waals surface area contributed by atoms with Crippen molar-refractivity contribution in [3.8, 4) is 5.69 Å². The maximum absolute atomic E-state index is 11.3. The molecule has 0 fully saturated rings. The molecule has 0 radical (unpaired) electrons. The largest absolute Gasteiger partial charge is 0.354 e. The van der Waals surface area contributed by atoms with Crippen molar-refractivity contribution in [2.24, 2.45) is 5.73 Å². The van der Waals surface area contributed by atoms with E-state index < -0.39 is 6.04 Å². The van der Waals surface area contributed by atoms with E-state index in [1.807, 2.05) is 41.2 Å². The lowest BCUT2D eigenvalue weighted by Gasteiger charge is -2.08. The molecule has 2 rings (SSSR count). The van der Waals surface area contributed by atoms with Gasteiger partial charge in [-0.2, -0.15) is 5.10 Å². The Kier molecular flexibility index (Phi) is 6.21. The third-order valence-electron chi connectivity index (χ3n) is 2.83. The van der Waals surface area contributed by atoms with E-state index in [1.165, 1.54) is 5.56 Å². The van der Waals surface area contributed by atoms with Gasteiger partial charge in [0.05, 0.1) is 11.7 Å². The predicted octanol–water partition coefficient (Wildman–Crippen LogP) is 1.30. The molecule has 5 nitrogen and oxygen atoms in total. The minimum absolute atomic E-state index is 0. The topological polar surface area (TPSA) is 72.9 Å². The molecule has 0 unspecified atom stereocenters. The van der Waals surface area contributed by atoms with E-state index in [0.29, 0.717) is 6.54 Å². The summed E-state index contributed by atoms with van der Waals surface area (Å²) in [5, 5.41) is 6.96. The van der Waals surface area contributed by atoms with E-state index in [1.54, 1.807) is 13.1 Å². The van der Waals surface area contributed by atoms with Crippen molar-refractivity contribution in [1.82, 2.24) is 15.1 Å². The van der Waals surface area contributed by atoms with Crippen molar-refractivity contribution >= 4 is 18.3 Å². The maximum atomic E-state index is 11.3. The Morgan fingerprint density at radius 3 is 2.65 bits per heavy atom. The van der Waals surface area contributed by atoms with E-state index in [-0.39, 0.29) is 18.3 Å². The van der Waals surface area contributed by atoms with Crippen LogP contribution < -0.4 is 11.1 Å².